The van der Waals surface area contributed by atoms with E-state index in [2.05, 4.69) is 27.4 Å². The summed E-state index contributed by atoms with van der Waals surface area (Å²) in [6.07, 6.45) is 3.27. The van der Waals surface area contributed by atoms with Crippen LogP contribution in [-0.2, 0) is 4.79 Å². The molecule has 0 saturated heterocycles. The third-order valence-corrected chi connectivity index (χ3v) is 3.55. The highest BCUT2D eigenvalue weighted by Gasteiger charge is 2.39. The molecule has 1 nitrogen and oxygen atoms in total. The predicted octanol–water partition coefficient (Wildman–Crippen LogP) is 2.81. The summed E-state index contributed by atoms with van der Waals surface area (Å²) < 4.78 is 0. The number of rotatable bonds is 1. The van der Waals surface area contributed by atoms with E-state index in [-0.39, 0.29) is 11.3 Å². The van der Waals surface area contributed by atoms with E-state index in [1.807, 2.05) is 0 Å². The lowest BCUT2D eigenvalue weighted by Crippen LogP contribution is -2.36. The molecular formula is C11H18O. The van der Waals surface area contributed by atoms with E-state index in [1.54, 1.807) is 0 Å². The van der Waals surface area contributed by atoms with Gasteiger partial charge in [-0.05, 0) is 24.2 Å². The molecule has 68 valence electrons. The van der Waals surface area contributed by atoms with Crippen LogP contribution in [0.1, 0.15) is 33.6 Å². The quantitative estimate of drug-likeness (QED) is 0.432. The van der Waals surface area contributed by atoms with Gasteiger partial charge in [0.15, 0.2) is 0 Å². The summed E-state index contributed by atoms with van der Waals surface area (Å²) in [5.41, 5.74) is 1.23. The van der Waals surface area contributed by atoms with Crippen LogP contribution in [0.3, 0.4) is 0 Å². The summed E-state index contributed by atoms with van der Waals surface area (Å²) in [5, 5.41) is 0. The van der Waals surface area contributed by atoms with Gasteiger partial charge in [-0.2, -0.15) is 0 Å². The van der Waals surface area contributed by atoms with Crippen molar-refractivity contribution in [2.45, 2.75) is 33.6 Å². The first kappa shape index (κ1) is 9.50. The molecule has 1 rings (SSSR count). The third kappa shape index (κ3) is 1.33. The van der Waals surface area contributed by atoms with Gasteiger partial charge in [-0.25, -0.2) is 0 Å². The van der Waals surface area contributed by atoms with E-state index in [0.717, 1.165) is 18.3 Å². The first-order valence-corrected chi connectivity index (χ1v) is 4.63. The third-order valence-electron chi connectivity index (χ3n) is 3.55. The molecule has 0 aromatic heterocycles. The Hall–Kier alpha value is -0.590. The van der Waals surface area contributed by atoms with E-state index in [4.69, 9.17) is 0 Å². The number of allylic oxidation sites excluding steroid dienone is 1. The van der Waals surface area contributed by atoms with E-state index >= 15 is 0 Å². The van der Waals surface area contributed by atoms with Crippen LogP contribution in [0.25, 0.3) is 0 Å². The van der Waals surface area contributed by atoms with Crippen LogP contribution in [0.5, 0.6) is 0 Å². The largest absolute Gasteiger partial charge is 0.303 e. The van der Waals surface area contributed by atoms with Gasteiger partial charge in [0.1, 0.15) is 6.29 Å². The minimum absolute atomic E-state index is 0.0706. The smallest absolute Gasteiger partial charge is 0.127 e. The van der Waals surface area contributed by atoms with Crippen molar-refractivity contribution in [1.29, 1.82) is 0 Å². The van der Waals surface area contributed by atoms with Crippen LogP contribution < -0.4 is 0 Å². The summed E-state index contributed by atoms with van der Waals surface area (Å²) in [4.78, 5) is 10.9. The summed E-state index contributed by atoms with van der Waals surface area (Å²) in [6.45, 7) is 10.5. The van der Waals surface area contributed by atoms with E-state index in [1.165, 1.54) is 6.42 Å². The van der Waals surface area contributed by atoms with Gasteiger partial charge in [-0.3, -0.25) is 0 Å². The van der Waals surface area contributed by atoms with Gasteiger partial charge >= 0.3 is 0 Å². The zero-order chi connectivity index (χ0) is 9.35. The van der Waals surface area contributed by atoms with Crippen molar-refractivity contribution < 1.29 is 4.79 Å². The van der Waals surface area contributed by atoms with Gasteiger partial charge in [0.2, 0.25) is 0 Å². The highest BCUT2D eigenvalue weighted by Crippen LogP contribution is 2.45. The second-order valence-corrected chi connectivity index (χ2v) is 4.53. The minimum Gasteiger partial charge on any atom is -0.303 e. The number of carbonyl (C=O) groups excluding carboxylic acids is 1. The molecule has 0 spiro atoms. The molecule has 0 aromatic rings. The Balaban J connectivity index is 2.90. The van der Waals surface area contributed by atoms with Gasteiger partial charge in [0, 0.05) is 5.92 Å². The Bertz CT molecular complexity index is 203. The standard InChI is InChI=1S/C11H18O/c1-8-5-6-9(2)11(3,4)10(8)7-12/h7,9-10H,1,5-6H2,2-4H3/t9-,10+/m1/s1. The molecular weight excluding hydrogens is 148 g/mol. The van der Waals surface area contributed by atoms with Crippen molar-refractivity contribution in [3.05, 3.63) is 12.2 Å². The van der Waals surface area contributed by atoms with Crippen LogP contribution in [0.4, 0.5) is 0 Å². The molecule has 0 aromatic carbocycles. The summed E-state index contributed by atoms with van der Waals surface area (Å²) >= 11 is 0. The Morgan fingerprint density at radius 2 is 2.17 bits per heavy atom. The van der Waals surface area contributed by atoms with Crippen LogP contribution in [0.15, 0.2) is 12.2 Å². The summed E-state index contributed by atoms with van der Waals surface area (Å²) in [5.74, 6) is 0.694. The number of carbonyl (C=O) groups is 1. The SMILES string of the molecule is C=C1CC[C@@H](C)C(C)(C)[C@H]1C=O. The molecule has 1 aliphatic rings. The van der Waals surface area contributed by atoms with E-state index in [0.29, 0.717) is 5.92 Å². The number of hydrogen-bond donors (Lipinski definition) is 0. The molecule has 2 atom stereocenters. The van der Waals surface area contributed by atoms with Crippen molar-refractivity contribution in [3.8, 4) is 0 Å². The fraction of sp³-hybridized carbons (Fsp3) is 0.727. The summed E-state index contributed by atoms with van der Waals surface area (Å²) in [7, 11) is 0. The molecule has 0 aliphatic heterocycles. The average Bonchev–Trinajstić information content (AvgIpc) is 1.98. The monoisotopic (exact) mass is 166 g/mol. The van der Waals surface area contributed by atoms with Crippen LogP contribution in [0.2, 0.25) is 0 Å². The Morgan fingerprint density at radius 1 is 1.58 bits per heavy atom. The Labute approximate surface area is 74.9 Å². The average molecular weight is 166 g/mol. The fourth-order valence-electron chi connectivity index (χ4n) is 2.03. The zero-order valence-electron chi connectivity index (χ0n) is 8.26. The highest BCUT2D eigenvalue weighted by molar-refractivity contribution is 5.60. The van der Waals surface area contributed by atoms with Gasteiger partial charge < -0.3 is 4.79 Å². The zero-order valence-corrected chi connectivity index (χ0v) is 8.26. The van der Waals surface area contributed by atoms with E-state index in [9.17, 15) is 4.79 Å². The van der Waals surface area contributed by atoms with Crippen molar-refractivity contribution in [2.75, 3.05) is 0 Å². The Morgan fingerprint density at radius 3 is 2.58 bits per heavy atom. The first-order valence-electron chi connectivity index (χ1n) is 4.63. The minimum atomic E-state index is 0.0706. The second kappa shape index (κ2) is 3.04. The molecule has 0 bridgehead atoms. The topological polar surface area (TPSA) is 17.1 Å². The molecule has 0 heterocycles. The van der Waals surface area contributed by atoms with Crippen LogP contribution in [-0.4, -0.2) is 6.29 Å². The molecule has 12 heavy (non-hydrogen) atoms. The molecule has 1 saturated carbocycles. The lowest BCUT2D eigenvalue weighted by atomic mass is 9.62. The summed E-state index contributed by atoms with van der Waals surface area (Å²) in [6, 6.07) is 0. The second-order valence-electron chi connectivity index (χ2n) is 4.53. The van der Waals surface area contributed by atoms with Gasteiger partial charge in [0.05, 0.1) is 0 Å². The number of aldehydes is 1. The molecule has 0 N–H and O–H groups in total. The van der Waals surface area contributed by atoms with Gasteiger partial charge in [-0.1, -0.05) is 32.9 Å². The van der Waals surface area contributed by atoms with Gasteiger partial charge in [0.25, 0.3) is 0 Å². The van der Waals surface area contributed by atoms with Crippen molar-refractivity contribution in [1.82, 2.24) is 0 Å². The number of hydrogen-bond acceptors (Lipinski definition) is 1. The molecule has 0 unspecified atom stereocenters. The molecule has 0 radical (unpaired) electrons. The fourth-order valence-corrected chi connectivity index (χ4v) is 2.03. The molecule has 1 heteroatoms. The molecule has 1 fully saturated rings. The van der Waals surface area contributed by atoms with Gasteiger partial charge in [-0.15, -0.1) is 0 Å². The Kier molecular flexibility index (Phi) is 2.41. The van der Waals surface area contributed by atoms with E-state index < -0.39 is 0 Å². The van der Waals surface area contributed by atoms with Crippen LogP contribution >= 0.6 is 0 Å². The van der Waals surface area contributed by atoms with Crippen molar-refractivity contribution >= 4 is 6.29 Å². The lowest BCUT2D eigenvalue weighted by molar-refractivity contribution is -0.114. The highest BCUT2D eigenvalue weighted by atomic mass is 16.1. The van der Waals surface area contributed by atoms with Crippen molar-refractivity contribution in [3.63, 3.8) is 0 Å². The maximum Gasteiger partial charge on any atom is 0.127 e. The maximum atomic E-state index is 10.9. The first-order chi connectivity index (χ1) is 5.50. The van der Waals surface area contributed by atoms with Crippen molar-refractivity contribution in [2.24, 2.45) is 17.3 Å². The lowest BCUT2D eigenvalue weighted by Gasteiger charge is -2.42. The predicted molar refractivity (Wildman–Crippen MR) is 50.9 cm³/mol. The molecule has 0 amide bonds. The molecule has 1 aliphatic carbocycles. The maximum absolute atomic E-state index is 10.9. The normalized spacial score (nSPS) is 34.8. The van der Waals surface area contributed by atoms with Crippen LogP contribution in [0, 0.1) is 17.3 Å².